The molecule has 2 aromatic rings. The van der Waals surface area contributed by atoms with E-state index in [4.69, 9.17) is 0 Å². The van der Waals surface area contributed by atoms with Crippen LogP contribution in [0.15, 0.2) is 53.7 Å². The van der Waals surface area contributed by atoms with Crippen LogP contribution >= 0.6 is 0 Å². The normalized spacial score (nSPS) is 19.2. The third kappa shape index (κ3) is 3.76. The van der Waals surface area contributed by atoms with E-state index in [1.165, 1.54) is 18.2 Å². The number of nitro groups is 1. The van der Waals surface area contributed by atoms with Gasteiger partial charge in [-0.1, -0.05) is 12.1 Å². The van der Waals surface area contributed by atoms with Crippen molar-refractivity contribution in [2.45, 2.75) is 37.8 Å². The number of halogens is 4. The van der Waals surface area contributed by atoms with Crippen molar-refractivity contribution in [3.8, 4) is 0 Å². The summed E-state index contributed by atoms with van der Waals surface area (Å²) in [6.07, 6.45) is -4.26. The summed E-state index contributed by atoms with van der Waals surface area (Å²) in [7, 11) is 0. The number of amides is 1. The highest BCUT2D eigenvalue weighted by molar-refractivity contribution is 6.08. The van der Waals surface area contributed by atoms with E-state index in [1.54, 1.807) is 6.07 Å². The highest BCUT2D eigenvalue weighted by Gasteiger charge is 2.42. The Morgan fingerprint density at radius 2 is 1.81 bits per heavy atom. The van der Waals surface area contributed by atoms with Gasteiger partial charge in [0.15, 0.2) is 5.78 Å². The third-order valence-electron chi connectivity index (χ3n) is 5.67. The average molecular weight is 448 g/mol. The molecule has 2 aliphatic rings. The van der Waals surface area contributed by atoms with E-state index in [0.717, 1.165) is 11.0 Å². The lowest BCUT2D eigenvalue weighted by atomic mass is 9.77. The smallest absolute Gasteiger partial charge is 0.294 e. The molecule has 0 saturated carbocycles. The number of allylic oxidation sites excluding steroid dienone is 2. The number of hydrogen-bond acceptors (Lipinski definition) is 4. The fourth-order valence-corrected chi connectivity index (χ4v) is 4.32. The predicted octanol–water partition coefficient (Wildman–Crippen LogP) is 5.28. The first-order chi connectivity index (χ1) is 15.1. The van der Waals surface area contributed by atoms with Crippen LogP contribution < -0.4 is 4.90 Å². The fourth-order valence-electron chi connectivity index (χ4n) is 4.32. The van der Waals surface area contributed by atoms with Crippen LogP contribution in [0.2, 0.25) is 0 Å². The van der Waals surface area contributed by atoms with Crippen LogP contribution in [0.3, 0.4) is 0 Å². The SMILES string of the molecule is O=C1CCCC2=C1C(c1cccc(F)c1)CC(=O)N2c1ccc(C(F)(F)F)cc1[N+](=O)[O-]. The van der Waals surface area contributed by atoms with Crippen molar-refractivity contribution in [2.24, 2.45) is 0 Å². The Labute approximate surface area is 179 Å². The van der Waals surface area contributed by atoms with E-state index in [2.05, 4.69) is 0 Å². The zero-order chi connectivity index (χ0) is 23.2. The molecule has 166 valence electrons. The molecular weight excluding hydrogens is 432 g/mol. The topological polar surface area (TPSA) is 80.5 Å². The van der Waals surface area contributed by atoms with E-state index in [0.29, 0.717) is 24.1 Å². The summed E-state index contributed by atoms with van der Waals surface area (Å²) in [6.45, 7) is 0. The number of Topliss-reactive ketones (excluding diaryl/α,β-unsaturated/α-hetero) is 1. The number of hydrogen-bond donors (Lipinski definition) is 0. The maximum absolute atomic E-state index is 13.8. The molecule has 0 aromatic heterocycles. The van der Waals surface area contributed by atoms with Crippen LogP contribution in [-0.2, 0) is 15.8 Å². The first kappa shape index (κ1) is 21.7. The molecule has 4 rings (SSSR count). The number of nitrogens with zero attached hydrogens (tertiary/aromatic N) is 2. The minimum atomic E-state index is -4.80. The van der Waals surface area contributed by atoms with Crippen molar-refractivity contribution >= 4 is 23.1 Å². The third-order valence-corrected chi connectivity index (χ3v) is 5.67. The molecule has 1 aliphatic heterocycles. The molecule has 1 aliphatic carbocycles. The van der Waals surface area contributed by atoms with E-state index in [9.17, 15) is 37.3 Å². The molecule has 0 bridgehead atoms. The average Bonchev–Trinajstić information content (AvgIpc) is 2.72. The van der Waals surface area contributed by atoms with E-state index in [-0.39, 0.29) is 42.0 Å². The minimum absolute atomic E-state index is 0.196. The number of carbonyl (C=O) groups excluding carboxylic acids is 2. The van der Waals surface area contributed by atoms with Crippen LogP contribution in [0.5, 0.6) is 0 Å². The van der Waals surface area contributed by atoms with Crippen molar-refractivity contribution in [1.82, 2.24) is 0 Å². The molecule has 0 fully saturated rings. The molecular formula is C22H16F4N2O4. The Morgan fingerprint density at radius 1 is 1.06 bits per heavy atom. The van der Waals surface area contributed by atoms with Crippen molar-refractivity contribution in [1.29, 1.82) is 0 Å². The number of alkyl halides is 3. The second kappa shape index (κ2) is 7.85. The summed E-state index contributed by atoms with van der Waals surface area (Å²) in [5.74, 6) is -2.16. The molecule has 10 heteroatoms. The molecule has 0 radical (unpaired) electrons. The highest BCUT2D eigenvalue weighted by atomic mass is 19.4. The van der Waals surface area contributed by atoms with Crippen LogP contribution in [0, 0.1) is 15.9 Å². The second-order valence-corrected chi connectivity index (χ2v) is 7.64. The standard InChI is InChI=1S/C22H16F4N2O4/c23-14-4-1-3-12(9-14)15-11-20(30)27(17-5-2-6-19(29)21(15)17)16-8-7-13(22(24,25)26)10-18(16)28(31)32/h1,3-4,7-10,15H,2,5-6,11H2. The summed E-state index contributed by atoms with van der Waals surface area (Å²) in [6, 6.07) is 7.42. The van der Waals surface area contributed by atoms with Crippen molar-refractivity contribution in [3.63, 3.8) is 0 Å². The molecule has 1 atom stereocenters. The van der Waals surface area contributed by atoms with Gasteiger partial charge >= 0.3 is 6.18 Å². The van der Waals surface area contributed by atoms with Crippen molar-refractivity contribution in [2.75, 3.05) is 4.90 Å². The van der Waals surface area contributed by atoms with Crippen LogP contribution in [0.1, 0.15) is 42.7 Å². The van der Waals surface area contributed by atoms with Crippen LogP contribution in [0.4, 0.5) is 28.9 Å². The van der Waals surface area contributed by atoms with Gasteiger partial charge in [-0.25, -0.2) is 4.39 Å². The summed E-state index contributed by atoms with van der Waals surface area (Å²) < 4.78 is 53.1. The van der Waals surface area contributed by atoms with Crippen molar-refractivity contribution < 1.29 is 32.1 Å². The molecule has 1 amide bonds. The molecule has 1 unspecified atom stereocenters. The van der Waals surface area contributed by atoms with E-state index in [1.807, 2.05) is 0 Å². The van der Waals surface area contributed by atoms with Gasteiger partial charge in [0.1, 0.15) is 11.5 Å². The lowest BCUT2D eigenvalue weighted by molar-refractivity contribution is -0.384. The molecule has 1 heterocycles. The largest absolute Gasteiger partial charge is 0.416 e. The van der Waals surface area contributed by atoms with E-state index < -0.39 is 40.0 Å². The quantitative estimate of drug-likeness (QED) is 0.364. The highest BCUT2D eigenvalue weighted by Crippen LogP contribution is 2.46. The Kier molecular flexibility index (Phi) is 5.31. The minimum Gasteiger partial charge on any atom is -0.294 e. The number of carbonyl (C=O) groups is 2. The summed E-state index contributed by atoms with van der Waals surface area (Å²) in [4.78, 5) is 37.5. The van der Waals surface area contributed by atoms with Gasteiger partial charge in [0.25, 0.3) is 5.69 Å². The van der Waals surface area contributed by atoms with Gasteiger partial charge in [-0.2, -0.15) is 13.2 Å². The fraction of sp³-hybridized carbons (Fsp3) is 0.273. The lowest BCUT2D eigenvalue weighted by Gasteiger charge is -2.38. The first-order valence-electron chi connectivity index (χ1n) is 9.78. The zero-order valence-corrected chi connectivity index (χ0v) is 16.5. The van der Waals surface area contributed by atoms with Gasteiger partial charge in [-0.3, -0.25) is 24.6 Å². The van der Waals surface area contributed by atoms with Crippen LogP contribution in [-0.4, -0.2) is 16.6 Å². The molecule has 0 spiro atoms. The number of benzene rings is 2. The van der Waals surface area contributed by atoms with E-state index >= 15 is 0 Å². The Morgan fingerprint density at radius 3 is 2.47 bits per heavy atom. The van der Waals surface area contributed by atoms with Gasteiger partial charge < -0.3 is 0 Å². The van der Waals surface area contributed by atoms with Gasteiger partial charge in [0.05, 0.1) is 10.5 Å². The van der Waals surface area contributed by atoms with Gasteiger partial charge in [-0.15, -0.1) is 0 Å². The Balaban J connectivity index is 1.90. The molecule has 2 aromatic carbocycles. The molecule has 0 N–H and O–H groups in total. The second-order valence-electron chi connectivity index (χ2n) is 7.64. The maximum Gasteiger partial charge on any atom is 0.416 e. The molecule has 0 saturated heterocycles. The Bertz CT molecular complexity index is 1170. The number of nitro benzene ring substituents is 1. The van der Waals surface area contributed by atoms with Gasteiger partial charge in [-0.05, 0) is 42.7 Å². The maximum atomic E-state index is 13.8. The first-order valence-corrected chi connectivity index (χ1v) is 9.78. The van der Waals surface area contributed by atoms with Gasteiger partial charge in [0, 0.05) is 36.1 Å². The van der Waals surface area contributed by atoms with Crippen molar-refractivity contribution in [3.05, 3.63) is 80.8 Å². The van der Waals surface area contributed by atoms with Gasteiger partial charge in [0.2, 0.25) is 5.91 Å². The predicted molar refractivity (Wildman–Crippen MR) is 105 cm³/mol. The molecule has 32 heavy (non-hydrogen) atoms. The monoisotopic (exact) mass is 448 g/mol. The number of anilines is 1. The zero-order valence-electron chi connectivity index (χ0n) is 16.5. The summed E-state index contributed by atoms with van der Waals surface area (Å²) in [5, 5.41) is 11.6. The summed E-state index contributed by atoms with van der Waals surface area (Å²) >= 11 is 0. The van der Waals surface area contributed by atoms with Crippen LogP contribution in [0.25, 0.3) is 0 Å². The number of rotatable bonds is 3. The Hall–Kier alpha value is -3.56. The molecule has 6 nitrogen and oxygen atoms in total. The number of ketones is 1. The lowest BCUT2D eigenvalue weighted by Crippen LogP contribution is -2.40. The summed E-state index contributed by atoms with van der Waals surface area (Å²) in [5.41, 5.74) is -1.55.